The smallest absolute Gasteiger partial charge is 0.296 e. The molecule has 2 saturated heterocycles. The van der Waals surface area contributed by atoms with E-state index in [9.17, 15) is 8.78 Å². The second-order valence-electron chi connectivity index (χ2n) is 10.3. The van der Waals surface area contributed by atoms with Crippen molar-refractivity contribution in [1.29, 1.82) is 0 Å². The van der Waals surface area contributed by atoms with Crippen LogP contribution in [-0.2, 0) is 15.0 Å². The molecule has 3 aliphatic rings. The quantitative estimate of drug-likeness (QED) is 0.368. The standard InChI is InChI=1S/C27H34F2N10O2/c28-22(29)23-33-19-4-1-2-5-20(19)39(23)26-35-24(34-25(36-26)38-12-16-41-17-13-38)27(30)7-6-21(32-18-27)31-8-3-9-37-10-14-40-15-11-37/h1-2,4-6,18,22,31H,3,7-17,30H2. The highest BCUT2D eigenvalue weighted by Crippen LogP contribution is 2.29. The number of aromatic nitrogens is 5. The van der Waals surface area contributed by atoms with Crippen LogP contribution < -0.4 is 16.0 Å². The summed E-state index contributed by atoms with van der Waals surface area (Å²) in [6, 6.07) is 6.91. The van der Waals surface area contributed by atoms with E-state index in [0.717, 1.165) is 51.6 Å². The van der Waals surface area contributed by atoms with Crippen molar-refractivity contribution >= 4 is 23.2 Å². The monoisotopic (exact) mass is 568 g/mol. The third-order valence-electron chi connectivity index (χ3n) is 7.43. The molecule has 1 aromatic carbocycles. The minimum atomic E-state index is -2.84. The fourth-order valence-corrected chi connectivity index (χ4v) is 5.13. The first-order chi connectivity index (χ1) is 20.0. The maximum Gasteiger partial charge on any atom is 0.296 e. The Bertz CT molecular complexity index is 1420. The Hall–Kier alpha value is -3.59. The number of morpholine rings is 2. The van der Waals surface area contributed by atoms with E-state index >= 15 is 0 Å². The summed E-state index contributed by atoms with van der Waals surface area (Å²) in [7, 11) is 0. The topological polar surface area (TPSA) is 132 Å². The van der Waals surface area contributed by atoms with Crippen LogP contribution in [-0.4, -0.2) is 101 Å². The van der Waals surface area contributed by atoms with Gasteiger partial charge in [-0.3, -0.25) is 9.47 Å². The number of aliphatic imine (C=N–C) groups is 1. The van der Waals surface area contributed by atoms with Crippen molar-refractivity contribution in [3.05, 3.63) is 47.8 Å². The third kappa shape index (κ3) is 6.05. The average molecular weight is 569 g/mol. The van der Waals surface area contributed by atoms with Gasteiger partial charge in [0, 0.05) is 38.9 Å². The summed E-state index contributed by atoms with van der Waals surface area (Å²) in [6.45, 7) is 7.39. The minimum Gasteiger partial charge on any atom is -0.379 e. The van der Waals surface area contributed by atoms with Crippen LogP contribution in [0.15, 0.2) is 41.2 Å². The van der Waals surface area contributed by atoms with Gasteiger partial charge < -0.3 is 25.4 Å². The molecule has 0 amide bonds. The van der Waals surface area contributed by atoms with Crippen molar-refractivity contribution in [1.82, 2.24) is 34.7 Å². The highest BCUT2D eigenvalue weighted by molar-refractivity contribution is 5.78. The van der Waals surface area contributed by atoms with Gasteiger partial charge in [0.05, 0.1) is 37.5 Å². The first-order valence-corrected chi connectivity index (χ1v) is 13.9. The third-order valence-corrected chi connectivity index (χ3v) is 7.43. The maximum atomic E-state index is 14.2. The number of fused-ring (bicyclic) bond motifs is 1. The molecule has 6 rings (SSSR count). The summed E-state index contributed by atoms with van der Waals surface area (Å²) in [4.78, 5) is 27.0. The number of halogens is 2. The molecule has 3 aliphatic heterocycles. The van der Waals surface area contributed by atoms with Crippen LogP contribution in [0.2, 0.25) is 0 Å². The Labute approximate surface area is 236 Å². The number of rotatable bonds is 9. The lowest BCUT2D eigenvalue weighted by atomic mass is 9.95. The fraction of sp³-hybridized carbons (Fsp3) is 0.519. The van der Waals surface area contributed by atoms with E-state index in [4.69, 9.17) is 20.2 Å². The number of nitrogens with zero attached hydrogens (tertiary/aromatic N) is 8. The summed E-state index contributed by atoms with van der Waals surface area (Å²) in [6.07, 6.45) is 2.06. The molecule has 0 aliphatic carbocycles. The molecule has 3 aromatic rings. The van der Waals surface area contributed by atoms with Gasteiger partial charge in [-0.1, -0.05) is 12.1 Å². The van der Waals surface area contributed by atoms with Gasteiger partial charge in [0.1, 0.15) is 11.4 Å². The zero-order chi connectivity index (χ0) is 28.2. The second-order valence-corrected chi connectivity index (χ2v) is 10.3. The molecule has 5 heterocycles. The molecule has 0 saturated carbocycles. The number of ether oxygens (including phenoxy) is 2. The van der Waals surface area contributed by atoms with Gasteiger partial charge in [0.25, 0.3) is 6.43 Å². The number of anilines is 1. The molecule has 41 heavy (non-hydrogen) atoms. The van der Waals surface area contributed by atoms with Gasteiger partial charge in [0.2, 0.25) is 11.9 Å². The Kier molecular flexibility index (Phi) is 8.14. The molecule has 0 bridgehead atoms. The van der Waals surface area contributed by atoms with Crippen molar-refractivity contribution in [2.75, 3.05) is 70.6 Å². The zero-order valence-electron chi connectivity index (χ0n) is 22.8. The van der Waals surface area contributed by atoms with Crippen LogP contribution in [0.3, 0.4) is 0 Å². The normalized spacial score (nSPS) is 22.0. The molecule has 3 N–H and O–H groups in total. The van der Waals surface area contributed by atoms with E-state index in [0.29, 0.717) is 49.7 Å². The SMILES string of the molecule is NC1(c2nc(N3CCOCC3)nc(-n3c(C(F)F)nc4ccccc43)n2)C=NC(NCCCN2CCOCC2)=CC1. The Balaban J connectivity index is 1.26. The summed E-state index contributed by atoms with van der Waals surface area (Å²) in [5.41, 5.74) is 6.56. The maximum absolute atomic E-state index is 14.2. The van der Waals surface area contributed by atoms with Crippen LogP contribution in [0.25, 0.3) is 17.0 Å². The van der Waals surface area contributed by atoms with E-state index in [-0.39, 0.29) is 11.8 Å². The van der Waals surface area contributed by atoms with Crippen molar-refractivity contribution in [2.24, 2.45) is 10.7 Å². The average Bonchev–Trinajstić information content (AvgIpc) is 3.41. The Morgan fingerprint density at radius 1 is 0.951 bits per heavy atom. The van der Waals surface area contributed by atoms with E-state index in [1.807, 2.05) is 11.0 Å². The van der Waals surface area contributed by atoms with Crippen molar-refractivity contribution < 1.29 is 18.3 Å². The molecule has 2 fully saturated rings. The second kappa shape index (κ2) is 12.1. The van der Waals surface area contributed by atoms with Crippen LogP contribution in [0, 0.1) is 0 Å². The van der Waals surface area contributed by atoms with E-state index < -0.39 is 17.8 Å². The molecular weight excluding hydrogens is 534 g/mol. The lowest BCUT2D eigenvalue weighted by Crippen LogP contribution is -2.44. The molecular formula is C27H34F2N10O2. The summed E-state index contributed by atoms with van der Waals surface area (Å²) in [5, 5.41) is 3.37. The highest BCUT2D eigenvalue weighted by Gasteiger charge is 2.33. The number of hydrogen-bond acceptors (Lipinski definition) is 11. The molecule has 1 atom stereocenters. The number of nitrogens with two attached hydrogens (primary N) is 1. The van der Waals surface area contributed by atoms with Crippen molar-refractivity contribution in [2.45, 2.75) is 24.8 Å². The van der Waals surface area contributed by atoms with Crippen molar-refractivity contribution in [3.63, 3.8) is 0 Å². The Morgan fingerprint density at radius 2 is 1.68 bits per heavy atom. The van der Waals surface area contributed by atoms with E-state index in [1.165, 1.54) is 4.57 Å². The van der Waals surface area contributed by atoms with Gasteiger partial charge in [-0.2, -0.15) is 15.0 Å². The van der Waals surface area contributed by atoms with Crippen LogP contribution in [0.4, 0.5) is 14.7 Å². The van der Waals surface area contributed by atoms with Crippen LogP contribution in [0.1, 0.15) is 30.9 Å². The van der Waals surface area contributed by atoms with E-state index in [2.05, 4.69) is 30.2 Å². The molecule has 2 aromatic heterocycles. The predicted molar refractivity (Wildman–Crippen MR) is 149 cm³/mol. The van der Waals surface area contributed by atoms with Gasteiger partial charge in [-0.15, -0.1) is 0 Å². The zero-order valence-corrected chi connectivity index (χ0v) is 22.8. The molecule has 0 radical (unpaired) electrons. The highest BCUT2D eigenvalue weighted by atomic mass is 19.3. The van der Waals surface area contributed by atoms with Crippen molar-refractivity contribution in [3.8, 4) is 5.95 Å². The number of benzene rings is 1. The first-order valence-electron chi connectivity index (χ1n) is 13.9. The largest absolute Gasteiger partial charge is 0.379 e. The van der Waals surface area contributed by atoms with Crippen LogP contribution >= 0.6 is 0 Å². The number of imidazole rings is 1. The molecule has 218 valence electrons. The van der Waals surface area contributed by atoms with Gasteiger partial charge in [-0.25, -0.2) is 18.8 Å². The molecule has 1 unspecified atom stereocenters. The Morgan fingerprint density at radius 3 is 2.41 bits per heavy atom. The number of hydrogen-bond donors (Lipinski definition) is 2. The summed E-state index contributed by atoms with van der Waals surface area (Å²) >= 11 is 0. The van der Waals surface area contributed by atoms with E-state index in [1.54, 1.807) is 30.5 Å². The van der Waals surface area contributed by atoms with Gasteiger partial charge in [-0.05, 0) is 37.6 Å². The van der Waals surface area contributed by atoms with Gasteiger partial charge >= 0.3 is 0 Å². The number of alkyl halides is 2. The summed E-state index contributed by atoms with van der Waals surface area (Å²) < 4.78 is 40.5. The molecule has 0 spiro atoms. The number of nitrogens with one attached hydrogen (secondary N) is 1. The summed E-state index contributed by atoms with van der Waals surface area (Å²) in [5.74, 6) is 0.920. The number of para-hydroxylation sites is 2. The van der Waals surface area contributed by atoms with Gasteiger partial charge in [0.15, 0.2) is 11.6 Å². The lowest BCUT2D eigenvalue weighted by molar-refractivity contribution is 0.0375. The molecule has 14 heteroatoms. The fourth-order valence-electron chi connectivity index (χ4n) is 5.13. The lowest BCUT2D eigenvalue weighted by Gasteiger charge is -2.30. The van der Waals surface area contributed by atoms with Crippen LogP contribution in [0.5, 0.6) is 0 Å². The first kappa shape index (κ1) is 27.6. The molecule has 12 nitrogen and oxygen atoms in total. The predicted octanol–water partition coefficient (Wildman–Crippen LogP) is 1.77. The minimum absolute atomic E-state index is 0.0368.